The first-order valence-electron chi connectivity index (χ1n) is 5.23. The molecule has 0 spiro atoms. The van der Waals surface area contributed by atoms with Crippen molar-refractivity contribution in [3.8, 4) is 10.6 Å². The molecular weight excluding hydrogens is 252 g/mol. The van der Waals surface area contributed by atoms with Gasteiger partial charge in [0.2, 0.25) is 5.91 Å². The van der Waals surface area contributed by atoms with Crippen molar-refractivity contribution in [2.45, 2.75) is 17.6 Å². The lowest BCUT2D eigenvalue weighted by Gasteiger charge is -2.00. The number of carbonyl (C=O) groups excluding carboxylic acids is 1. The third-order valence-corrected chi connectivity index (χ3v) is 4.36. The van der Waals surface area contributed by atoms with Crippen LogP contribution in [0, 0.1) is 6.92 Å². The molecule has 1 amide bonds. The third-order valence-electron chi connectivity index (χ3n) is 2.75. The molecule has 1 aliphatic heterocycles. The maximum atomic E-state index is 11.3. The fraction of sp³-hybridized carbons (Fsp3) is 0.167. The number of thiazole rings is 1. The van der Waals surface area contributed by atoms with Crippen LogP contribution < -0.4 is 5.32 Å². The number of hydrogen-bond acceptors (Lipinski definition) is 4. The average Bonchev–Trinajstić information content (AvgIpc) is 2.80. The van der Waals surface area contributed by atoms with Gasteiger partial charge in [-0.2, -0.15) is 0 Å². The topological polar surface area (TPSA) is 42.0 Å². The Morgan fingerprint density at radius 3 is 3.00 bits per heavy atom. The van der Waals surface area contributed by atoms with E-state index in [-0.39, 0.29) is 5.91 Å². The van der Waals surface area contributed by atoms with Crippen LogP contribution in [0.5, 0.6) is 0 Å². The quantitative estimate of drug-likeness (QED) is 0.776. The van der Waals surface area contributed by atoms with E-state index < -0.39 is 0 Å². The fourth-order valence-electron chi connectivity index (χ4n) is 1.87. The molecule has 0 bridgehead atoms. The van der Waals surface area contributed by atoms with E-state index >= 15 is 0 Å². The van der Waals surface area contributed by atoms with Crippen molar-refractivity contribution < 1.29 is 4.79 Å². The molecule has 0 unspecified atom stereocenters. The van der Waals surface area contributed by atoms with E-state index in [0.717, 1.165) is 31.7 Å². The summed E-state index contributed by atoms with van der Waals surface area (Å²) in [5, 5.41) is 3.77. The van der Waals surface area contributed by atoms with Gasteiger partial charge in [0.05, 0.1) is 16.3 Å². The molecule has 0 radical (unpaired) electrons. The zero-order valence-electron chi connectivity index (χ0n) is 9.15. The number of nitrogens with one attached hydrogen (secondary N) is 1. The minimum absolute atomic E-state index is 0.0577. The molecule has 0 saturated carbocycles. The lowest BCUT2D eigenvalue weighted by molar-refractivity contribution is -0.115. The van der Waals surface area contributed by atoms with Crippen LogP contribution in [0.3, 0.4) is 0 Å². The first-order chi connectivity index (χ1) is 8.13. The first-order valence-corrected chi connectivity index (χ1v) is 6.49. The van der Waals surface area contributed by atoms with Crippen LogP contribution in [0.2, 0.25) is 0 Å². The molecule has 1 aliphatic rings. The number of fused-ring (bicyclic) bond motifs is 1. The Balaban J connectivity index is 2.05. The van der Waals surface area contributed by atoms with Gasteiger partial charge in [0.15, 0.2) is 0 Å². The van der Waals surface area contributed by atoms with E-state index in [1.807, 2.05) is 25.1 Å². The van der Waals surface area contributed by atoms with Crippen LogP contribution in [-0.2, 0) is 11.2 Å². The summed E-state index contributed by atoms with van der Waals surface area (Å²) in [6.45, 7) is 1.95. The number of benzene rings is 1. The van der Waals surface area contributed by atoms with Crippen LogP contribution in [0.1, 0.15) is 11.3 Å². The van der Waals surface area contributed by atoms with E-state index in [1.165, 1.54) is 0 Å². The van der Waals surface area contributed by atoms with E-state index in [4.69, 9.17) is 0 Å². The summed E-state index contributed by atoms with van der Waals surface area (Å²) >= 11 is 5.92. The van der Waals surface area contributed by atoms with Gasteiger partial charge in [-0.1, -0.05) is 0 Å². The zero-order chi connectivity index (χ0) is 12.0. The number of aromatic nitrogens is 1. The van der Waals surface area contributed by atoms with Gasteiger partial charge in [0, 0.05) is 11.3 Å². The van der Waals surface area contributed by atoms with Crippen LogP contribution in [-0.4, -0.2) is 10.9 Å². The van der Waals surface area contributed by atoms with Gasteiger partial charge in [-0.25, -0.2) is 4.98 Å². The number of carbonyl (C=O) groups is 1. The monoisotopic (exact) mass is 262 g/mol. The third kappa shape index (κ3) is 1.85. The second-order valence-electron chi connectivity index (χ2n) is 4.01. The Morgan fingerprint density at radius 1 is 1.47 bits per heavy atom. The Labute approximate surface area is 108 Å². The summed E-state index contributed by atoms with van der Waals surface area (Å²) in [5.74, 6) is 0.0577. The van der Waals surface area contributed by atoms with Crippen molar-refractivity contribution in [2.24, 2.45) is 0 Å². The molecule has 5 heteroatoms. The fourth-order valence-corrected chi connectivity index (χ4v) is 2.99. The van der Waals surface area contributed by atoms with E-state index in [1.54, 1.807) is 11.3 Å². The summed E-state index contributed by atoms with van der Waals surface area (Å²) in [6.07, 6.45) is 0.460. The summed E-state index contributed by atoms with van der Waals surface area (Å²) in [6, 6.07) is 5.94. The van der Waals surface area contributed by atoms with Crippen molar-refractivity contribution >= 4 is 35.6 Å². The van der Waals surface area contributed by atoms with E-state index in [9.17, 15) is 4.79 Å². The molecule has 3 nitrogen and oxygen atoms in total. The maximum Gasteiger partial charge on any atom is 0.228 e. The summed E-state index contributed by atoms with van der Waals surface area (Å²) in [5.41, 5.74) is 3.95. The molecule has 1 aromatic heterocycles. The van der Waals surface area contributed by atoms with Crippen molar-refractivity contribution in [3.63, 3.8) is 0 Å². The van der Waals surface area contributed by atoms with Gasteiger partial charge in [-0.15, -0.1) is 24.0 Å². The lowest BCUT2D eigenvalue weighted by Crippen LogP contribution is -2.03. The molecule has 2 heterocycles. The Bertz CT molecular complexity index is 599. The van der Waals surface area contributed by atoms with Crippen molar-refractivity contribution in [2.75, 3.05) is 5.32 Å². The zero-order valence-corrected chi connectivity index (χ0v) is 10.9. The Morgan fingerprint density at radius 2 is 2.29 bits per heavy atom. The molecule has 2 aromatic rings. The second kappa shape index (κ2) is 3.85. The molecule has 86 valence electrons. The van der Waals surface area contributed by atoms with E-state index in [0.29, 0.717) is 6.42 Å². The number of hydrogen-bond donors (Lipinski definition) is 2. The standard InChI is InChI=1S/C12H10N2OS2/c1-6-12(16)17-11(13-6)7-2-3-9-8(4-7)5-10(15)14-9/h2-4,16H,5H2,1H3,(H,14,15). The first kappa shape index (κ1) is 10.8. The minimum Gasteiger partial charge on any atom is -0.326 e. The predicted octanol–water partition coefficient (Wildman–Crippen LogP) is 2.90. The molecule has 1 N–H and O–H groups in total. The molecule has 0 aliphatic carbocycles. The minimum atomic E-state index is 0.0577. The van der Waals surface area contributed by atoms with Gasteiger partial charge >= 0.3 is 0 Å². The number of anilines is 1. The van der Waals surface area contributed by atoms with Crippen molar-refractivity contribution in [1.29, 1.82) is 0 Å². The number of amides is 1. The maximum absolute atomic E-state index is 11.3. The van der Waals surface area contributed by atoms with Gasteiger partial charge in [0.1, 0.15) is 5.01 Å². The molecule has 3 rings (SSSR count). The molecule has 0 fully saturated rings. The summed E-state index contributed by atoms with van der Waals surface area (Å²) in [7, 11) is 0. The van der Waals surface area contributed by atoms with Crippen molar-refractivity contribution in [1.82, 2.24) is 4.98 Å². The van der Waals surface area contributed by atoms with Crippen LogP contribution >= 0.6 is 24.0 Å². The lowest BCUT2D eigenvalue weighted by atomic mass is 10.1. The molecule has 17 heavy (non-hydrogen) atoms. The summed E-state index contributed by atoms with van der Waals surface area (Å²) in [4.78, 5) is 15.7. The highest BCUT2D eigenvalue weighted by molar-refractivity contribution is 7.83. The van der Waals surface area contributed by atoms with Crippen molar-refractivity contribution in [3.05, 3.63) is 29.5 Å². The molecule has 0 saturated heterocycles. The predicted molar refractivity (Wildman–Crippen MR) is 71.9 cm³/mol. The van der Waals surface area contributed by atoms with Gasteiger partial charge in [0.25, 0.3) is 0 Å². The number of nitrogens with zero attached hydrogens (tertiary/aromatic N) is 1. The molecule has 1 aromatic carbocycles. The normalized spacial score (nSPS) is 13.6. The van der Waals surface area contributed by atoms with Crippen LogP contribution in [0.15, 0.2) is 22.4 Å². The Kier molecular flexibility index (Phi) is 2.45. The Hall–Kier alpha value is -1.33. The second-order valence-corrected chi connectivity index (χ2v) is 5.76. The number of aryl methyl sites for hydroxylation is 1. The SMILES string of the molecule is Cc1nc(-c2ccc3c(c2)CC(=O)N3)sc1S. The largest absolute Gasteiger partial charge is 0.326 e. The van der Waals surface area contributed by atoms with Crippen LogP contribution in [0.4, 0.5) is 5.69 Å². The van der Waals surface area contributed by atoms with Crippen LogP contribution in [0.25, 0.3) is 10.6 Å². The van der Waals surface area contributed by atoms with Gasteiger partial charge in [-0.3, -0.25) is 4.79 Å². The number of rotatable bonds is 1. The highest BCUT2D eigenvalue weighted by Gasteiger charge is 2.18. The smallest absolute Gasteiger partial charge is 0.228 e. The number of thiol groups is 1. The molecular formula is C12H10N2OS2. The molecule has 0 atom stereocenters. The summed E-state index contributed by atoms with van der Waals surface area (Å²) < 4.78 is 0.940. The highest BCUT2D eigenvalue weighted by Crippen LogP contribution is 2.33. The average molecular weight is 262 g/mol. The van der Waals surface area contributed by atoms with Gasteiger partial charge in [-0.05, 0) is 30.7 Å². The van der Waals surface area contributed by atoms with Gasteiger partial charge < -0.3 is 5.32 Å². The highest BCUT2D eigenvalue weighted by atomic mass is 32.2. The van der Waals surface area contributed by atoms with E-state index in [2.05, 4.69) is 22.9 Å².